The Morgan fingerprint density at radius 3 is 2.06 bits per heavy atom. The van der Waals surface area contributed by atoms with Crippen LogP contribution in [0, 0.1) is 0 Å². The van der Waals surface area contributed by atoms with Crippen LogP contribution in [0.3, 0.4) is 0 Å². The quantitative estimate of drug-likeness (QED) is 0.705. The number of aliphatic hydroxyl groups excluding tert-OH is 1. The van der Waals surface area contributed by atoms with Crippen LogP contribution in [0.15, 0.2) is 79.4 Å². The molecule has 1 aromatic carbocycles. The first-order valence-electron chi connectivity index (χ1n) is 10.2. The molecule has 7 heteroatoms. The molecule has 0 saturated carbocycles. The Labute approximate surface area is 180 Å². The predicted molar refractivity (Wildman–Crippen MR) is 113 cm³/mol. The molecular formula is C24H22N4O3. The number of aromatic nitrogens is 2. The Hall–Kier alpha value is -3.58. The number of carbonyl (C=O) groups excluding carboxylic acids is 2. The van der Waals surface area contributed by atoms with Gasteiger partial charge in [0.05, 0.1) is 29.3 Å². The Morgan fingerprint density at radius 1 is 0.903 bits per heavy atom. The summed E-state index contributed by atoms with van der Waals surface area (Å²) in [6, 6.07) is 16.5. The number of likely N-dealkylation sites (tertiary alicyclic amines) is 2. The van der Waals surface area contributed by atoms with E-state index < -0.39 is 5.54 Å². The molecule has 3 aromatic rings. The van der Waals surface area contributed by atoms with Gasteiger partial charge in [0.15, 0.2) is 0 Å². The Bertz CT molecular complexity index is 1090. The van der Waals surface area contributed by atoms with Crippen molar-refractivity contribution in [2.24, 2.45) is 0 Å². The molecule has 1 spiro atoms. The number of nitrogens with zero attached hydrogens (tertiary/aromatic N) is 4. The number of hydrogen-bond donors (Lipinski definition) is 1. The summed E-state index contributed by atoms with van der Waals surface area (Å²) >= 11 is 0. The predicted octanol–water partition coefficient (Wildman–Crippen LogP) is 1.97. The average molecular weight is 414 g/mol. The van der Waals surface area contributed by atoms with E-state index in [1.54, 1.807) is 52.7 Å². The van der Waals surface area contributed by atoms with E-state index in [0.717, 1.165) is 5.56 Å². The fourth-order valence-electron chi connectivity index (χ4n) is 5.05. The summed E-state index contributed by atoms with van der Waals surface area (Å²) in [4.78, 5) is 37.9. The topological polar surface area (TPSA) is 86.6 Å². The smallest absolute Gasteiger partial charge is 0.256 e. The molecule has 2 amide bonds. The summed E-state index contributed by atoms with van der Waals surface area (Å²) in [5.41, 5.74) is 1.51. The van der Waals surface area contributed by atoms with E-state index in [1.165, 1.54) is 6.20 Å². The van der Waals surface area contributed by atoms with Crippen LogP contribution in [0.1, 0.15) is 32.2 Å². The summed E-state index contributed by atoms with van der Waals surface area (Å²) in [5, 5.41) is 10.2. The third-order valence-electron chi connectivity index (χ3n) is 6.37. The monoisotopic (exact) mass is 414 g/mol. The van der Waals surface area contributed by atoms with Gasteiger partial charge in [-0.3, -0.25) is 19.6 Å². The number of benzene rings is 1. The highest BCUT2D eigenvalue weighted by Crippen LogP contribution is 2.54. The van der Waals surface area contributed by atoms with Crippen LogP contribution in [0.5, 0.6) is 0 Å². The van der Waals surface area contributed by atoms with Gasteiger partial charge in [-0.05, 0) is 29.8 Å². The Morgan fingerprint density at radius 2 is 1.52 bits per heavy atom. The summed E-state index contributed by atoms with van der Waals surface area (Å²) < 4.78 is 0. The minimum Gasteiger partial charge on any atom is -0.394 e. The molecule has 1 N–H and O–H groups in total. The molecule has 0 aliphatic carbocycles. The van der Waals surface area contributed by atoms with Crippen molar-refractivity contribution in [3.05, 3.63) is 96.1 Å². The van der Waals surface area contributed by atoms with E-state index in [4.69, 9.17) is 0 Å². The average Bonchev–Trinajstić information content (AvgIpc) is 2.79. The van der Waals surface area contributed by atoms with Crippen molar-refractivity contribution in [3.8, 4) is 0 Å². The molecule has 4 heterocycles. The Kier molecular flexibility index (Phi) is 4.75. The van der Waals surface area contributed by atoms with Gasteiger partial charge in [-0.1, -0.05) is 30.3 Å². The van der Waals surface area contributed by atoms with Gasteiger partial charge in [0.2, 0.25) is 0 Å². The van der Waals surface area contributed by atoms with E-state index in [0.29, 0.717) is 24.2 Å². The third-order valence-corrected chi connectivity index (χ3v) is 6.37. The molecule has 5 rings (SSSR count). The Balaban J connectivity index is 1.48. The van der Waals surface area contributed by atoms with Gasteiger partial charge in [-0.2, -0.15) is 0 Å². The lowest BCUT2D eigenvalue weighted by Crippen LogP contribution is -2.86. The highest BCUT2D eigenvalue weighted by molar-refractivity contribution is 5.98. The zero-order valence-electron chi connectivity index (χ0n) is 16.8. The van der Waals surface area contributed by atoms with Crippen molar-refractivity contribution >= 4 is 11.8 Å². The summed E-state index contributed by atoms with van der Waals surface area (Å²) in [5.74, 6) is -0.336. The van der Waals surface area contributed by atoms with Gasteiger partial charge in [-0.15, -0.1) is 0 Å². The van der Waals surface area contributed by atoms with Crippen LogP contribution >= 0.6 is 0 Å². The van der Waals surface area contributed by atoms with E-state index in [1.807, 2.05) is 30.3 Å². The molecule has 0 unspecified atom stereocenters. The summed E-state index contributed by atoms with van der Waals surface area (Å²) in [6.07, 6.45) is 6.35. The lowest BCUT2D eigenvalue weighted by Gasteiger charge is -2.70. The number of carbonyl (C=O) groups is 2. The normalized spacial score (nSPS) is 21.3. The molecule has 2 saturated heterocycles. The first-order valence-corrected chi connectivity index (χ1v) is 10.2. The zero-order valence-corrected chi connectivity index (χ0v) is 16.8. The number of pyridine rings is 2. The van der Waals surface area contributed by atoms with E-state index in [-0.39, 0.29) is 30.4 Å². The summed E-state index contributed by atoms with van der Waals surface area (Å²) in [6.45, 7) is 0.662. The maximum Gasteiger partial charge on any atom is 0.256 e. The second-order valence-corrected chi connectivity index (χ2v) is 8.06. The zero-order chi connectivity index (χ0) is 21.4. The fourth-order valence-corrected chi connectivity index (χ4v) is 5.05. The van der Waals surface area contributed by atoms with Crippen molar-refractivity contribution in [3.63, 3.8) is 0 Å². The molecule has 2 fully saturated rings. The van der Waals surface area contributed by atoms with Crippen LogP contribution in [-0.2, 0) is 0 Å². The molecule has 2 aromatic heterocycles. The van der Waals surface area contributed by atoms with E-state index in [9.17, 15) is 14.7 Å². The van der Waals surface area contributed by atoms with Crippen molar-refractivity contribution in [2.75, 3.05) is 19.7 Å². The molecule has 7 nitrogen and oxygen atoms in total. The third kappa shape index (κ3) is 3.00. The number of aliphatic hydroxyl groups is 1. The maximum absolute atomic E-state index is 13.4. The number of amides is 2. The van der Waals surface area contributed by atoms with Gasteiger partial charge < -0.3 is 14.9 Å². The molecule has 156 valence electrons. The minimum atomic E-state index is -0.556. The number of rotatable bonds is 4. The highest BCUT2D eigenvalue weighted by Gasteiger charge is 2.68. The lowest BCUT2D eigenvalue weighted by atomic mass is 9.60. The number of hydrogen-bond acceptors (Lipinski definition) is 5. The molecule has 0 bridgehead atoms. The molecule has 31 heavy (non-hydrogen) atoms. The van der Waals surface area contributed by atoms with E-state index in [2.05, 4.69) is 9.97 Å². The molecule has 0 radical (unpaired) electrons. The van der Waals surface area contributed by atoms with Gasteiger partial charge in [0, 0.05) is 43.8 Å². The minimum absolute atomic E-state index is 0.0581. The second-order valence-electron chi connectivity index (χ2n) is 8.06. The molecule has 2 atom stereocenters. The first-order chi connectivity index (χ1) is 15.2. The van der Waals surface area contributed by atoms with Crippen molar-refractivity contribution < 1.29 is 14.7 Å². The van der Waals surface area contributed by atoms with Crippen molar-refractivity contribution in [2.45, 2.75) is 17.5 Å². The van der Waals surface area contributed by atoms with E-state index >= 15 is 0 Å². The molecule has 2 aliphatic heterocycles. The SMILES string of the molecule is O=C(c1cccnc1)N1CC2(C1)[C@@H](c1ccccc1)[C@H](CO)N2C(=O)c1cccnc1. The lowest BCUT2D eigenvalue weighted by molar-refractivity contribution is -0.152. The fraction of sp³-hybridized carbons (Fsp3) is 0.250. The standard InChI is InChI=1S/C24H22N4O3/c29-14-20-21(17-6-2-1-3-7-17)24(28(20)23(31)19-9-5-11-26-13-19)15-27(16-24)22(30)18-8-4-10-25-12-18/h1-13,20-21,29H,14-16H2/t20-,21-/m0/s1. The van der Waals surface area contributed by atoms with Crippen LogP contribution < -0.4 is 0 Å². The van der Waals surface area contributed by atoms with Crippen LogP contribution in [0.25, 0.3) is 0 Å². The van der Waals surface area contributed by atoms with Gasteiger partial charge in [0.1, 0.15) is 0 Å². The second kappa shape index (κ2) is 7.59. The highest BCUT2D eigenvalue weighted by atomic mass is 16.3. The molecule has 2 aliphatic rings. The van der Waals surface area contributed by atoms with Crippen molar-refractivity contribution in [1.29, 1.82) is 0 Å². The van der Waals surface area contributed by atoms with Crippen LogP contribution in [0.2, 0.25) is 0 Å². The van der Waals surface area contributed by atoms with Gasteiger partial charge in [0.25, 0.3) is 11.8 Å². The van der Waals surface area contributed by atoms with Crippen LogP contribution in [-0.4, -0.2) is 68.0 Å². The molecular weight excluding hydrogens is 392 g/mol. The van der Waals surface area contributed by atoms with Gasteiger partial charge in [-0.25, -0.2) is 0 Å². The largest absolute Gasteiger partial charge is 0.394 e. The first kappa shape index (κ1) is 19.4. The van der Waals surface area contributed by atoms with Crippen LogP contribution in [0.4, 0.5) is 0 Å². The van der Waals surface area contributed by atoms with Gasteiger partial charge >= 0.3 is 0 Å². The summed E-state index contributed by atoms with van der Waals surface area (Å²) in [7, 11) is 0. The van der Waals surface area contributed by atoms with Crippen molar-refractivity contribution in [1.82, 2.24) is 19.8 Å². The maximum atomic E-state index is 13.4.